The molecule has 0 N–H and O–H groups in total. The fourth-order valence-corrected chi connectivity index (χ4v) is 2.75. The lowest BCUT2D eigenvalue weighted by atomic mass is 10.1. The number of rotatable bonds is 2. The van der Waals surface area contributed by atoms with Crippen LogP contribution in [-0.2, 0) is 0 Å². The molecular formula is C14H15BrF4N2O. The minimum atomic E-state index is -4.24. The Bertz CT molecular complexity index is 545. The number of amides is 1. The highest BCUT2D eigenvalue weighted by molar-refractivity contribution is 9.10. The average molecular weight is 383 g/mol. The van der Waals surface area contributed by atoms with Gasteiger partial charge in [0.05, 0.1) is 6.54 Å². The van der Waals surface area contributed by atoms with Gasteiger partial charge in [-0.15, -0.1) is 0 Å². The smallest absolute Gasteiger partial charge is 0.336 e. The predicted octanol–water partition coefficient (Wildman–Crippen LogP) is 3.22. The minimum absolute atomic E-state index is 0.154. The van der Waals surface area contributed by atoms with Crippen molar-refractivity contribution in [2.24, 2.45) is 0 Å². The summed E-state index contributed by atoms with van der Waals surface area (Å²) in [6, 6.07) is 2.69. The molecule has 0 spiro atoms. The van der Waals surface area contributed by atoms with Crippen molar-refractivity contribution < 1.29 is 22.4 Å². The Morgan fingerprint density at radius 2 is 1.82 bits per heavy atom. The average Bonchev–Trinajstić information content (AvgIpc) is 2.42. The zero-order chi connectivity index (χ0) is 16.5. The normalized spacial score (nSPS) is 16.9. The summed E-state index contributed by atoms with van der Waals surface area (Å²) < 4.78 is 51.1. The van der Waals surface area contributed by atoms with Crippen molar-refractivity contribution in [3.63, 3.8) is 0 Å². The van der Waals surface area contributed by atoms with Gasteiger partial charge >= 0.3 is 6.18 Å². The van der Waals surface area contributed by atoms with E-state index < -0.39 is 18.5 Å². The molecule has 1 aromatic rings. The van der Waals surface area contributed by atoms with Gasteiger partial charge in [-0.05, 0) is 24.6 Å². The fourth-order valence-electron chi connectivity index (χ4n) is 2.31. The molecule has 1 aliphatic heterocycles. The quantitative estimate of drug-likeness (QED) is 0.733. The van der Waals surface area contributed by atoms with E-state index in [0.717, 1.165) is 6.07 Å². The highest BCUT2D eigenvalue weighted by atomic mass is 79.9. The van der Waals surface area contributed by atoms with E-state index in [-0.39, 0.29) is 37.6 Å². The number of hydrogen-bond donors (Lipinski definition) is 0. The van der Waals surface area contributed by atoms with Gasteiger partial charge in [-0.25, -0.2) is 4.39 Å². The summed E-state index contributed by atoms with van der Waals surface area (Å²) in [4.78, 5) is 15.0. The van der Waals surface area contributed by atoms with E-state index in [9.17, 15) is 22.4 Å². The molecule has 1 aromatic carbocycles. The van der Waals surface area contributed by atoms with Gasteiger partial charge in [0.1, 0.15) is 5.82 Å². The number of carbonyl (C=O) groups excluding carboxylic acids is 1. The van der Waals surface area contributed by atoms with Gasteiger partial charge in [-0.2, -0.15) is 13.2 Å². The maximum atomic E-state index is 13.7. The van der Waals surface area contributed by atoms with Crippen molar-refractivity contribution in [3.8, 4) is 0 Å². The van der Waals surface area contributed by atoms with Crippen molar-refractivity contribution in [1.29, 1.82) is 0 Å². The highest BCUT2D eigenvalue weighted by Gasteiger charge is 2.33. The summed E-state index contributed by atoms with van der Waals surface area (Å²) in [6.45, 7) is 1.31. The summed E-state index contributed by atoms with van der Waals surface area (Å²) in [5, 5.41) is 0. The fraction of sp³-hybridized carbons (Fsp3) is 0.500. The molecule has 0 aliphatic carbocycles. The van der Waals surface area contributed by atoms with E-state index in [1.807, 2.05) is 0 Å². The molecule has 1 amide bonds. The van der Waals surface area contributed by atoms with Crippen molar-refractivity contribution in [3.05, 3.63) is 33.5 Å². The zero-order valence-electron chi connectivity index (χ0n) is 11.9. The molecule has 3 nitrogen and oxygen atoms in total. The van der Waals surface area contributed by atoms with Gasteiger partial charge in [-0.1, -0.05) is 15.9 Å². The summed E-state index contributed by atoms with van der Waals surface area (Å²) in [7, 11) is 0. The molecule has 0 aromatic heterocycles. The summed E-state index contributed by atoms with van der Waals surface area (Å²) in [5.41, 5.74) is 0.603. The van der Waals surface area contributed by atoms with Crippen LogP contribution in [0, 0.1) is 12.7 Å². The summed E-state index contributed by atoms with van der Waals surface area (Å²) in [6.07, 6.45) is -4.24. The lowest BCUT2D eigenvalue weighted by Crippen LogP contribution is -2.50. The molecule has 0 saturated carbocycles. The Morgan fingerprint density at radius 3 is 2.32 bits per heavy atom. The number of carbonyl (C=O) groups is 1. The first-order valence-electron chi connectivity index (χ1n) is 6.71. The zero-order valence-corrected chi connectivity index (χ0v) is 13.5. The number of nitrogens with zero attached hydrogens (tertiary/aromatic N) is 2. The molecule has 1 saturated heterocycles. The number of piperazine rings is 1. The second-order valence-corrected chi connectivity index (χ2v) is 6.10. The monoisotopic (exact) mass is 382 g/mol. The van der Waals surface area contributed by atoms with E-state index in [2.05, 4.69) is 15.9 Å². The predicted molar refractivity (Wildman–Crippen MR) is 77.2 cm³/mol. The molecule has 8 heteroatoms. The van der Waals surface area contributed by atoms with Crippen molar-refractivity contribution >= 4 is 21.8 Å². The second-order valence-electron chi connectivity index (χ2n) is 5.25. The van der Waals surface area contributed by atoms with Crippen molar-refractivity contribution in [2.45, 2.75) is 13.1 Å². The van der Waals surface area contributed by atoms with Gasteiger partial charge in [0, 0.05) is 36.2 Å². The van der Waals surface area contributed by atoms with Crippen LogP contribution in [0.3, 0.4) is 0 Å². The van der Waals surface area contributed by atoms with E-state index >= 15 is 0 Å². The molecule has 0 atom stereocenters. The van der Waals surface area contributed by atoms with E-state index in [0.29, 0.717) is 10.0 Å². The summed E-state index contributed by atoms with van der Waals surface area (Å²) >= 11 is 3.19. The van der Waals surface area contributed by atoms with Gasteiger partial charge < -0.3 is 4.90 Å². The van der Waals surface area contributed by atoms with Crippen LogP contribution in [0.1, 0.15) is 15.9 Å². The molecule has 1 heterocycles. The standard InChI is InChI=1S/C14H15BrF4N2O/c1-9-11(15)6-10(7-12(9)16)13(22)21-4-2-20(3-5-21)8-14(17,18)19/h6-7H,2-5,8H2,1H3. The molecule has 0 radical (unpaired) electrons. The molecule has 122 valence electrons. The molecule has 22 heavy (non-hydrogen) atoms. The maximum absolute atomic E-state index is 13.7. The van der Waals surface area contributed by atoms with Crippen LogP contribution in [0.2, 0.25) is 0 Å². The lowest BCUT2D eigenvalue weighted by Gasteiger charge is -2.35. The largest absolute Gasteiger partial charge is 0.401 e. The number of benzene rings is 1. The van der Waals surface area contributed by atoms with Crippen LogP contribution in [0.4, 0.5) is 17.6 Å². The van der Waals surface area contributed by atoms with Crippen LogP contribution in [0.5, 0.6) is 0 Å². The summed E-state index contributed by atoms with van der Waals surface area (Å²) in [5.74, 6) is -0.861. The lowest BCUT2D eigenvalue weighted by molar-refractivity contribution is -0.148. The Kier molecular flexibility index (Phi) is 5.11. The molecule has 0 unspecified atom stereocenters. The van der Waals surface area contributed by atoms with Crippen LogP contribution in [0.15, 0.2) is 16.6 Å². The Hall–Kier alpha value is -1.15. The van der Waals surface area contributed by atoms with Gasteiger partial charge in [0.25, 0.3) is 5.91 Å². The first kappa shape index (κ1) is 17.2. The third-order valence-corrected chi connectivity index (χ3v) is 4.41. The number of halogens is 5. The van der Waals surface area contributed by atoms with Gasteiger partial charge in [0.2, 0.25) is 0 Å². The molecular weight excluding hydrogens is 368 g/mol. The Labute approximate surface area is 134 Å². The first-order chi connectivity index (χ1) is 10.2. The van der Waals surface area contributed by atoms with Crippen LogP contribution in [0.25, 0.3) is 0 Å². The number of hydrogen-bond acceptors (Lipinski definition) is 2. The van der Waals surface area contributed by atoms with Crippen LogP contribution in [-0.4, -0.2) is 54.6 Å². The topological polar surface area (TPSA) is 23.6 Å². The minimum Gasteiger partial charge on any atom is -0.336 e. The SMILES string of the molecule is Cc1c(F)cc(C(=O)N2CCN(CC(F)(F)F)CC2)cc1Br. The van der Waals surface area contributed by atoms with E-state index in [1.165, 1.54) is 15.9 Å². The molecule has 1 fully saturated rings. The Morgan fingerprint density at radius 1 is 1.23 bits per heavy atom. The highest BCUT2D eigenvalue weighted by Crippen LogP contribution is 2.23. The first-order valence-corrected chi connectivity index (χ1v) is 7.51. The molecule has 2 rings (SSSR count). The van der Waals surface area contributed by atoms with Gasteiger partial charge in [0.15, 0.2) is 0 Å². The van der Waals surface area contributed by atoms with Crippen LogP contribution < -0.4 is 0 Å². The van der Waals surface area contributed by atoms with Crippen LogP contribution >= 0.6 is 15.9 Å². The third-order valence-electron chi connectivity index (χ3n) is 3.59. The third kappa shape index (κ3) is 4.19. The molecule has 0 bridgehead atoms. The van der Waals surface area contributed by atoms with E-state index in [4.69, 9.17) is 0 Å². The van der Waals surface area contributed by atoms with Crippen molar-refractivity contribution in [2.75, 3.05) is 32.7 Å². The molecule has 1 aliphatic rings. The second kappa shape index (κ2) is 6.54. The van der Waals surface area contributed by atoms with E-state index in [1.54, 1.807) is 6.92 Å². The maximum Gasteiger partial charge on any atom is 0.401 e. The van der Waals surface area contributed by atoms with Gasteiger partial charge in [-0.3, -0.25) is 9.69 Å². The number of alkyl halides is 3. The Balaban J connectivity index is 2.01. The van der Waals surface area contributed by atoms with Crippen molar-refractivity contribution in [1.82, 2.24) is 9.80 Å².